The van der Waals surface area contributed by atoms with Crippen molar-refractivity contribution in [1.29, 1.82) is 0 Å². The van der Waals surface area contributed by atoms with E-state index in [2.05, 4.69) is 4.74 Å². The fourth-order valence-corrected chi connectivity index (χ4v) is 3.09. The van der Waals surface area contributed by atoms with Gasteiger partial charge in [-0.3, -0.25) is 4.79 Å². The maximum absolute atomic E-state index is 14.7. The van der Waals surface area contributed by atoms with Crippen molar-refractivity contribution in [3.05, 3.63) is 89.8 Å². The number of benzene rings is 3. The minimum Gasteiger partial charge on any atom is -0.493 e. The lowest BCUT2D eigenvalue weighted by molar-refractivity contribution is -0.136. The first-order chi connectivity index (χ1) is 15.4. The number of halogens is 1. The topological polar surface area (TPSA) is 61.8 Å². The minimum absolute atomic E-state index is 0.223. The average molecular weight is 434 g/mol. The molecule has 164 valence electrons. The van der Waals surface area contributed by atoms with E-state index in [1.807, 2.05) is 30.3 Å². The highest BCUT2D eigenvalue weighted by Crippen LogP contribution is 2.31. The molecule has 1 unspecified atom stereocenters. The molecule has 0 radical (unpaired) electrons. The van der Waals surface area contributed by atoms with Crippen LogP contribution < -0.4 is 9.47 Å². The summed E-state index contributed by atoms with van der Waals surface area (Å²) in [4.78, 5) is 24.0. The summed E-state index contributed by atoms with van der Waals surface area (Å²) in [6.45, 7) is 1.65. The number of hydrogen-bond acceptors (Lipinski definition) is 5. The summed E-state index contributed by atoms with van der Waals surface area (Å²) in [7, 11) is 2.74. The number of carbonyl (C=O) groups excluding carboxylic acids is 2. The largest absolute Gasteiger partial charge is 0.493 e. The number of rotatable bonds is 7. The maximum atomic E-state index is 14.7. The first-order valence-electron chi connectivity index (χ1n) is 9.93. The van der Waals surface area contributed by atoms with Gasteiger partial charge in [0.1, 0.15) is 5.82 Å². The normalized spacial score (nSPS) is 11.8. The predicted molar refractivity (Wildman–Crippen MR) is 120 cm³/mol. The van der Waals surface area contributed by atoms with Crippen LogP contribution in [-0.4, -0.2) is 26.2 Å². The molecule has 0 aliphatic heterocycles. The third kappa shape index (κ3) is 5.40. The molecule has 0 N–H and O–H groups in total. The standard InChI is InChI=1S/C26H23FO5/c1-17(20-11-12-21(22(27)16-20)19-7-5-4-6-8-19)26(29)32-23-13-9-18(15-24(23)30-2)10-14-25(28)31-3/h4-17H,1-3H3/b14-10+. The highest BCUT2D eigenvalue weighted by molar-refractivity contribution is 5.87. The zero-order valence-corrected chi connectivity index (χ0v) is 18.0. The van der Waals surface area contributed by atoms with Crippen LogP contribution in [0.5, 0.6) is 11.5 Å². The van der Waals surface area contributed by atoms with E-state index in [-0.39, 0.29) is 5.75 Å². The van der Waals surface area contributed by atoms with Crippen molar-refractivity contribution >= 4 is 18.0 Å². The van der Waals surface area contributed by atoms with Crippen LogP contribution >= 0.6 is 0 Å². The van der Waals surface area contributed by atoms with Gasteiger partial charge < -0.3 is 14.2 Å². The Kier molecular flexibility index (Phi) is 7.39. The van der Waals surface area contributed by atoms with E-state index < -0.39 is 23.7 Å². The number of methoxy groups -OCH3 is 2. The lowest BCUT2D eigenvalue weighted by Crippen LogP contribution is -2.17. The molecule has 0 heterocycles. The Hall–Kier alpha value is -3.93. The molecule has 0 saturated carbocycles. The van der Waals surface area contributed by atoms with Gasteiger partial charge in [-0.15, -0.1) is 0 Å². The third-order valence-corrected chi connectivity index (χ3v) is 4.94. The Morgan fingerprint density at radius 2 is 1.69 bits per heavy atom. The fourth-order valence-electron chi connectivity index (χ4n) is 3.09. The molecule has 3 aromatic carbocycles. The van der Waals surface area contributed by atoms with Gasteiger partial charge >= 0.3 is 11.9 Å². The highest BCUT2D eigenvalue weighted by Gasteiger charge is 2.21. The van der Waals surface area contributed by atoms with Gasteiger partial charge in [-0.05, 0) is 47.9 Å². The number of esters is 2. The highest BCUT2D eigenvalue weighted by atomic mass is 19.1. The molecular weight excluding hydrogens is 411 g/mol. The molecule has 6 heteroatoms. The Morgan fingerprint density at radius 3 is 2.34 bits per heavy atom. The van der Waals surface area contributed by atoms with Crippen LogP contribution in [0.15, 0.2) is 72.8 Å². The fraction of sp³-hybridized carbons (Fsp3) is 0.154. The van der Waals surface area contributed by atoms with Gasteiger partial charge in [-0.25, -0.2) is 9.18 Å². The van der Waals surface area contributed by atoms with Gasteiger partial charge in [0.15, 0.2) is 11.5 Å². The van der Waals surface area contributed by atoms with Crippen LogP contribution in [0.4, 0.5) is 4.39 Å². The molecule has 0 aliphatic rings. The zero-order chi connectivity index (χ0) is 23.1. The van der Waals surface area contributed by atoms with Gasteiger partial charge in [0.05, 0.1) is 20.1 Å². The second-order valence-electron chi connectivity index (χ2n) is 7.01. The Labute approximate surface area is 186 Å². The van der Waals surface area contributed by atoms with Gasteiger partial charge in [0, 0.05) is 11.6 Å². The van der Waals surface area contributed by atoms with Crippen molar-refractivity contribution < 1.29 is 28.2 Å². The Balaban J connectivity index is 1.76. The summed E-state index contributed by atoms with van der Waals surface area (Å²) in [6.07, 6.45) is 2.83. The van der Waals surface area contributed by atoms with E-state index >= 15 is 0 Å². The van der Waals surface area contributed by atoms with Crippen LogP contribution in [0.2, 0.25) is 0 Å². The molecule has 0 amide bonds. The van der Waals surface area contributed by atoms with Crippen molar-refractivity contribution in [3.63, 3.8) is 0 Å². The molecule has 0 saturated heterocycles. The van der Waals surface area contributed by atoms with E-state index in [4.69, 9.17) is 9.47 Å². The molecule has 3 aromatic rings. The third-order valence-electron chi connectivity index (χ3n) is 4.94. The molecule has 0 fully saturated rings. The van der Waals surface area contributed by atoms with Crippen LogP contribution in [0.25, 0.3) is 17.2 Å². The number of carbonyl (C=O) groups is 2. The summed E-state index contributed by atoms with van der Waals surface area (Å²) in [5, 5.41) is 0. The van der Waals surface area contributed by atoms with Crippen molar-refractivity contribution in [2.75, 3.05) is 14.2 Å². The quantitative estimate of drug-likeness (QED) is 0.283. The van der Waals surface area contributed by atoms with Crippen LogP contribution in [-0.2, 0) is 14.3 Å². The van der Waals surface area contributed by atoms with Gasteiger partial charge in [-0.1, -0.05) is 48.5 Å². The van der Waals surface area contributed by atoms with E-state index in [0.717, 1.165) is 5.56 Å². The monoisotopic (exact) mass is 434 g/mol. The summed E-state index contributed by atoms with van der Waals surface area (Å²) >= 11 is 0. The lowest BCUT2D eigenvalue weighted by Gasteiger charge is -2.15. The summed E-state index contributed by atoms with van der Waals surface area (Å²) in [5.41, 5.74) is 2.40. The van der Waals surface area contributed by atoms with E-state index in [9.17, 15) is 14.0 Å². The average Bonchev–Trinajstić information content (AvgIpc) is 2.82. The van der Waals surface area contributed by atoms with Crippen molar-refractivity contribution in [1.82, 2.24) is 0 Å². The molecule has 3 rings (SSSR count). The van der Waals surface area contributed by atoms with Crippen molar-refractivity contribution in [2.45, 2.75) is 12.8 Å². The summed E-state index contributed by atoms with van der Waals surface area (Å²) in [6, 6.07) is 18.8. The SMILES string of the molecule is COC(=O)/C=C/c1ccc(OC(=O)C(C)c2ccc(-c3ccccc3)c(F)c2)c(OC)c1. The van der Waals surface area contributed by atoms with Crippen LogP contribution in [0.1, 0.15) is 24.0 Å². The van der Waals surface area contributed by atoms with E-state index in [0.29, 0.717) is 22.4 Å². The molecular formula is C26H23FO5. The molecule has 32 heavy (non-hydrogen) atoms. The summed E-state index contributed by atoms with van der Waals surface area (Å²) < 4.78 is 30.1. The van der Waals surface area contributed by atoms with Crippen LogP contribution in [0.3, 0.4) is 0 Å². The van der Waals surface area contributed by atoms with Gasteiger partial charge in [-0.2, -0.15) is 0 Å². The first kappa shape index (κ1) is 22.7. The van der Waals surface area contributed by atoms with Gasteiger partial charge in [0.25, 0.3) is 0 Å². The smallest absolute Gasteiger partial charge is 0.330 e. The minimum atomic E-state index is -0.696. The van der Waals surface area contributed by atoms with Gasteiger partial charge in [0.2, 0.25) is 0 Å². The molecule has 5 nitrogen and oxygen atoms in total. The van der Waals surface area contributed by atoms with E-state index in [1.54, 1.807) is 43.3 Å². The molecule has 0 aromatic heterocycles. The predicted octanol–water partition coefficient (Wildman–Crippen LogP) is 5.40. The van der Waals surface area contributed by atoms with Crippen molar-refractivity contribution in [2.24, 2.45) is 0 Å². The van der Waals surface area contributed by atoms with E-state index in [1.165, 1.54) is 26.4 Å². The molecule has 1 atom stereocenters. The summed E-state index contributed by atoms with van der Waals surface area (Å²) in [5.74, 6) is -1.60. The first-order valence-corrected chi connectivity index (χ1v) is 9.93. The molecule has 0 spiro atoms. The zero-order valence-electron chi connectivity index (χ0n) is 18.0. The lowest BCUT2D eigenvalue weighted by atomic mass is 9.97. The van der Waals surface area contributed by atoms with Crippen LogP contribution in [0, 0.1) is 5.82 Å². The second-order valence-corrected chi connectivity index (χ2v) is 7.01. The number of hydrogen-bond donors (Lipinski definition) is 0. The Bertz CT molecular complexity index is 1140. The molecule has 0 bridgehead atoms. The second kappa shape index (κ2) is 10.4. The maximum Gasteiger partial charge on any atom is 0.330 e. The van der Waals surface area contributed by atoms with Crippen molar-refractivity contribution in [3.8, 4) is 22.6 Å². The molecule has 0 aliphatic carbocycles. The number of ether oxygens (including phenoxy) is 3. The Morgan fingerprint density at radius 1 is 0.938 bits per heavy atom.